The number of carbonyl (C=O) groups excluding carboxylic acids is 2. The van der Waals surface area contributed by atoms with Gasteiger partial charge in [0.15, 0.2) is 0 Å². The summed E-state index contributed by atoms with van der Waals surface area (Å²) in [6.07, 6.45) is 1.14. The number of likely N-dealkylation sites (tertiary alicyclic amines) is 1. The van der Waals surface area contributed by atoms with Gasteiger partial charge in [0.1, 0.15) is 5.82 Å². The minimum absolute atomic E-state index is 0.0551. The number of halogens is 1. The Labute approximate surface area is 149 Å². The van der Waals surface area contributed by atoms with Crippen LogP contribution < -0.4 is 5.32 Å². The highest BCUT2D eigenvalue weighted by atomic mass is 19.1. The lowest BCUT2D eigenvalue weighted by atomic mass is 9.91. The first-order valence-electron chi connectivity index (χ1n) is 8.80. The zero-order valence-electron chi connectivity index (χ0n) is 15.5. The first-order valence-corrected chi connectivity index (χ1v) is 8.80. The molecule has 5 nitrogen and oxygen atoms in total. The number of likely N-dealkylation sites (N-methyl/N-ethyl adjacent to an activating group) is 1. The molecule has 2 amide bonds. The summed E-state index contributed by atoms with van der Waals surface area (Å²) >= 11 is 0. The fourth-order valence-electron chi connectivity index (χ4n) is 3.43. The van der Waals surface area contributed by atoms with Crippen LogP contribution in [0.4, 0.5) is 10.1 Å². The molecule has 3 atom stereocenters. The zero-order chi connectivity index (χ0) is 18.6. The lowest BCUT2D eigenvalue weighted by Gasteiger charge is -2.38. The molecule has 1 aromatic carbocycles. The molecule has 1 N–H and O–H groups in total. The van der Waals surface area contributed by atoms with E-state index in [1.165, 1.54) is 12.1 Å². The molecule has 6 heteroatoms. The Morgan fingerprint density at radius 3 is 2.56 bits per heavy atom. The van der Waals surface area contributed by atoms with Gasteiger partial charge in [-0.15, -0.1) is 0 Å². The van der Waals surface area contributed by atoms with Crippen molar-refractivity contribution < 1.29 is 14.0 Å². The highest BCUT2D eigenvalue weighted by molar-refractivity contribution is 5.92. The molecule has 0 unspecified atom stereocenters. The predicted octanol–water partition coefficient (Wildman–Crippen LogP) is 2.59. The molecule has 1 aliphatic heterocycles. The first-order chi connectivity index (χ1) is 11.8. The van der Waals surface area contributed by atoms with E-state index in [0.717, 1.165) is 19.5 Å². The summed E-state index contributed by atoms with van der Waals surface area (Å²) in [5.41, 5.74) is 0.413. The van der Waals surface area contributed by atoms with Crippen LogP contribution in [0.5, 0.6) is 0 Å². The van der Waals surface area contributed by atoms with Gasteiger partial charge in [-0.1, -0.05) is 19.9 Å². The number of nitrogens with one attached hydrogen (secondary N) is 1. The van der Waals surface area contributed by atoms with Crippen molar-refractivity contribution in [3.8, 4) is 0 Å². The monoisotopic (exact) mass is 349 g/mol. The zero-order valence-corrected chi connectivity index (χ0v) is 15.5. The number of hydrogen-bond acceptors (Lipinski definition) is 3. The fraction of sp³-hybridized carbons (Fsp3) is 0.579. The Morgan fingerprint density at radius 2 is 1.96 bits per heavy atom. The maximum absolute atomic E-state index is 13.2. The van der Waals surface area contributed by atoms with Gasteiger partial charge in [-0.2, -0.15) is 0 Å². The molecule has 0 radical (unpaired) electrons. The summed E-state index contributed by atoms with van der Waals surface area (Å²) in [5, 5.41) is 2.66. The third-order valence-corrected chi connectivity index (χ3v) is 4.70. The fourth-order valence-corrected chi connectivity index (χ4v) is 3.43. The second-order valence-electron chi connectivity index (χ2n) is 7.34. The van der Waals surface area contributed by atoms with Crippen molar-refractivity contribution in [1.82, 2.24) is 9.80 Å². The normalized spacial score (nSPS) is 21.9. The van der Waals surface area contributed by atoms with Gasteiger partial charge in [-0.3, -0.25) is 14.5 Å². The van der Waals surface area contributed by atoms with Crippen LogP contribution in [0, 0.1) is 17.7 Å². The number of benzene rings is 1. The molecule has 0 aromatic heterocycles. The molecule has 1 saturated heterocycles. The standard InChI is InChI=1S/C19H28FN3O2/c1-13-8-14(2)11-23(10-13)19(25)15(3)22(4)12-18(24)21-17-7-5-6-16(20)9-17/h5-7,9,13-15H,8,10-12H2,1-4H3,(H,21,24)/t13-,14-,15-/m1/s1. The van der Waals surface area contributed by atoms with E-state index in [0.29, 0.717) is 17.5 Å². The van der Waals surface area contributed by atoms with Crippen LogP contribution in [0.1, 0.15) is 27.2 Å². The Kier molecular flexibility index (Phi) is 6.53. The lowest BCUT2D eigenvalue weighted by Crippen LogP contribution is -2.51. The lowest BCUT2D eigenvalue weighted by molar-refractivity contribution is -0.139. The van der Waals surface area contributed by atoms with Gasteiger partial charge in [-0.25, -0.2) is 4.39 Å². The van der Waals surface area contributed by atoms with E-state index in [1.54, 1.807) is 24.1 Å². The summed E-state index contributed by atoms with van der Waals surface area (Å²) in [5.74, 6) is 0.388. The molecule has 25 heavy (non-hydrogen) atoms. The number of piperidine rings is 1. The highest BCUT2D eigenvalue weighted by Gasteiger charge is 2.30. The molecule has 1 heterocycles. The summed E-state index contributed by atoms with van der Waals surface area (Å²) < 4.78 is 13.2. The van der Waals surface area contributed by atoms with E-state index < -0.39 is 5.82 Å². The molecule has 0 saturated carbocycles. The van der Waals surface area contributed by atoms with E-state index in [-0.39, 0.29) is 24.4 Å². The quantitative estimate of drug-likeness (QED) is 0.889. The highest BCUT2D eigenvalue weighted by Crippen LogP contribution is 2.22. The minimum atomic E-state index is -0.400. The number of rotatable bonds is 5. The van der Waals surface area contributed by atoms with E-state index in [1.807, 2.05) is 11.8 Å². The smallest absolute Gasteiger partial charge is 0.239 e. The molecular weight excluding hydrogens is 321 g/mol. The van der Waals surface area contributed by atoms with Crippen molar-refractivity contribution in [2.75, 3.05) is 32.0 Å². The SMILES string of the molecule is C[C@@H]1C[C@@H](C)CN(C(=O)[C@@H](C)N(C)CC(=O)Nc2cccc(F)c2)C1. The average molecular weight is 349 g/mol. The van der Waals surface area contributed by atoms with Crippen LogP contribution in [0.2, 0.25) is 0 Å². The molecule has 1 aromatic rings. The van der Waals surface area contributed by atoms with Crippen molar-refractivity contribution in [3.05, 3.63) is 30.1 Å². The topological polar surface area (TPSA) is 52.7 Å². The van der Waals surface area contributed by atoms with Crippen LogP contribution >= 0.6 is 0 Å². The van der Waals surface area contributed by atoms with E-state index >= 15 is 0 Å². The molecule has 1 aliphatic rings. The van der Waals surface area contributed by atoms with Crippen LogP contribution in [0.25, 0.3) is 0 Å². The van der Waals surface area contributed by atoms with Gasteiger partial charge < -0.3 is 10.2 Å². The third kappa shape index (κ3) is 5.53. The van der Waals surface area contributed by atoms with E-state index in [2.05, 4.69) is 19.2 Å². The maximum Gasteiger partial charge on any atom is 0.239 e. The van der Waals surface area contributed by atoms with Crippen LogP contribution in [0.3, 0.4) is 0 Å². The van der Waals surface area contributed by atoms with Gasteiger partial charge in [0.25, 0.3) is 0 Å². The third-order valence-electron chi connectivity index (χ3n) is 4.70. The molecule has 2 rings (SSSR count). The predicted molar refractivity (Wildman–Crippen MR) is 96.6 cm³/mol. The Hall–Kier alpha value is -1.95. The number of hydrogen-bond donors (Lipinski definition) is 1. The summed E-state index contributed by atoms with van der Waals surface area (Å²) in [7, 11) is 1.75. The van der Waals surface area contributed by atoms with Crippen LogP contribution in [-0.4, -0.2) is 54.3 Å². The van der Waals surface area contributed by atoms with Crippen molar-refractivity contribution in [2.24, 2.45) is 11.8 Å². The average Bonchev–Trinajstić information content (AvgIpc) is 2.52. The van der Waals surface area contributed by atoms with Gasteiger partial charge in [0.2, 0.25) is 11.8 Å². The number of anilines is 1. The summed E-state index contributed by atoms with van der Waals surface area (Å²) in [6.45, 7) is 7.77. The molecular formula is C19H28FN3O2. The number of nitrogens with zero attached hydrogens (tertiary/aromatic N) is 2. The van der Waals surface area contributed by atoms with E-state index in [9.17, 15) is 14.0 Å². The van der Waals surface area contributed by atoms with Crippen LogP contribution in [-0.2, 0) is 9.59 Å². The second kappa shape index (κ2) is 8.43. The molecule has 0 spiro atoms. The maximum atomic E-state index is 13.2. The second-order valence-corrected chi connectivity index (χ2v) is 7.34. The first kappa shape index (κ1) is 19.4. The number of carbonyl (C=O) groups is 2. The Balaban J connectivity index is 1.89. The minimum Gasteiger partial charge on any atom is -0.341 e. The molecule has 138 valence electrons. The van der Waals surface area contributed by atoms with Gasteiger partial charge in [0, 0.05) is 18.8 Å². The molecule has 0 aliphatic carbocycles. The summed E-state index contributed by atoms with van der Waals surface area (Å²) in [6, 6.07) is 5.38. The van der Waals surface area contributed by atoms with Crippen molar-refractivity contribution in [3.63, 3.8) is 0 Å². The summed E-state index contributed by atoms with van der Waals surface area (Å²) in [4.78, 5) is 28.5. The van der Waals surface area contributed by atoms with Gasteiger partial charge in [-0.05, 0) is 50.4 Å². The van der Waals surface area contributed by atoms with Crippen LogP contribution in [0.15, 0.2) is 24.3 Å². The Morgan fingerprint density at radius 1 is 1.32 bits per heavy atom. The molecule has 0 bridgehead atoms. The van der Waals surface area contributed by atoms with Gasteiger partial charge in [0.05, 0.1) is 12.6 Å². The van der Waals surface area contributed by atoms with Crippen molar-refractivity contribution >= 4 is 17.5 Å². The van der Waals surface area contributed by atoms with Gasteiger partial charge >= 0.3 is 0 Å². The Bertz CT molecular complexity index is 612. The largest absolute Gasteiger partial charge is 0.341 e. The number of amides is 2. The van der Waals surface area contributed by atoms with Crippen molar-refractivity contribution in [1.29, 1.82) is 0 Å². The van der Waals surface area contributed by atoms with E-state index in [4.69, 9.17) is 0 Å². The van der Waals surface area contributed by atoms with Crippen molar-refractivity contribution in [2.45, 2.75) is 33.2 Å². The molecule has 1 fully saturated rings.